The van der Waals surface area contributed by atoms with Crippen LogP contribution in [0.5, 0.6) is 17.2 Å². The Kier molecular flexibility index (Phi) is 6.18. The molecule has 0 bridgehead atoms. The van der Waals surface area contributed by atoms with Crippen LogP contribution in [-0.2, 0) is 11.2 Å². The minimum absolute atomic E-state index is 0.102. The number of carbonyl (C=O) groups excluding carboxylic acids is 1. The highest BCUT2D eigenvalue weighted by molar-refractivity contribution is 6.02. The molecule has 0 spiro atoms. The SMILES string of the molecule is CCc1ccc(Oc2coc3cc(OCC(=O)Nc4cccc5ccccc45)ccc3c2=O)cc1. The van der Waals surface area contributed by atoms with Gasteiger partial charge in [0, 0.05) is 17.1 Å². The van der Waals surface area contributed by atoms with Crippen LogP contribution in [0.3, 0.4) is 0 Å². The molecule has 1 heterocycles. The summed E-state index contributed by atoms with van der Waals surface area (Å²) in [6.45, 7) is 1.89. The number of fused-ring (bicyclic) bond motifs is 2. The van der Waals surface area contributed by atoms with Crippen LogP contribution in [0.2, 0.25) is 0 Å². The molecule has 0 aliphatic carbocycles. The van der Waals surface area contributed by atoms with Crippen LogP contribution in [0.1, 0.15) is 12.5 Å². The summed E-state index contributed by atoms with van der Waals surface area (Å²) in [4.78, 5) is 25.3. The molecule has 5 rings (SSSR count). The van der Waals surface area contributed by atoms with Gasteiger partial charge in [-0.2, -0.15) is 0 Å². The van der Waals surface area contributed by atoms with Gasteiger partial charge in [-0.3, -0.25) is 9.59 Å². The van der Waals surface area contributed by atoms with Crippen LogP contribution in [-0.4, -0.2) is 12.5 Å². The molecule has 4 aromatic carbocycles. The highest BCUT2D eigenvalue weighted by Crippen LogP contribution is 2.25. The molecule has 6 nitrogen and oxygen atoms in total. The Balaban J connectivity index is 1.27. The van der Waals surface area contributed by atoms with E-state index in [1.807, 2.05) is 66.7 Å². The Morgan fingerprint density at radius 2 is 1.66 bits per heavy atom. The smallest absolute Gasteiger partial charge is 0.262 e. The molecular weight excluding hydrogens is 442 g/mol. The Morgan fingerprint density at radius 1 is 0.886 bits per heavy atom. The van der Waals surface area contributed by atoms with Gasteiger partial charge in [-0.1, -0.05) is 55.5 Å². The van der Waals surface area contributed by atoms with Gasteiger partial charge >= 0.3 is 0 Å². The largest absolute Gasteiger partial charge is 0.484 e. The fraction of sp³-hybridized carbons (Fsp3) is 0.103. The van der Waals surface area contributed by atoms with Crippen molar-refractivity contribution in [2.45, 2.75) is 13.3 Å². The molecule has 174 valence electrons. The summed E-state index contributed by atoms with van der Waals surface area (Å²) in [5.41, 5.74) is 1.96. The highest BCUT2D eigenvalue weighted by Gasteiger charge is 2.12. The average molecular weight is 466 g/mol. The third kappa shape index (κ3) is 4.87. The van der Waals surface area contributed by atoms with Crippen LogP contribution in [0.4, 0.5) is 5.69 Å². The third-order valence-electron chi connectivity index (χ3n) is 5.71. The molecule has 1 amide bonds. The summed E-state index contributed by atoms with van der Waals surface area (Å²) >= 11 is 0. The van der Waals surface area contributed by atoms with E-state index in [0.29, 0.717) is 22.5 Å². The maximum Gasteiger partial charge on any atom is 0.262 e. The van der Waals surface area contributed by atoms with E-state index in [4.69, 9.17) is 13.9 Å². The van der Waals surface area contributed by atoms with Gasteiger partial charge in [0.05, 0.1) is 5.39 Å². The topological polar surface area (TPSA) is 77.8 Å². The number of benzene rings is 4. The second-order valence-corrected chi connectivity index (χ2v) is 8.05. The van der Waals surface area contributed by atoms with Crippen molar-refractivity contribution in [2.24, 2.45) is 0 Å². The molecule has 0 aliphatic heterocycles. The monoisotopic (exact) mass is 465 g/mol. The van der Waals surface area contributed by atoms with Gasteiger partial charge in [-0.25, -0.2) is 0 Å². The maximum atomic E-state index is 12.9. The number of carbonyl (C=O) groups is 1. The molecule has 0 saturated carbocycles. The van der Waals surface area contributed by atoms with E-state index in [0.717, 1.165) is 22.9 Å². The van der Waals surface area contributed by atoms with Gasteiger partial charge in [-0.15, -0.1) is 0 Å². The van der Waals surface area contributed by atoms with Crippen molar-refractivity contribution in [3.8, 4) is 17.2 Å². The second kappa shape index (κ2) is 9.73. The Morgan fingerprint density at radius 3 is 2.49 bits per heavy atom. The second-order valence-electron chi connectivity index (χ2n) is 8.05. The maximum absolute atomic E-state index is 12.9. The highest BCUT2D eigenvalue weighted by atomic mass is 16.5. The first-order chi connectivity index (χ1) is 17.1. The molecule has 1 aromatic heterocycles. The van der Waals surface area contributed by atoms with Crippen molar-refractivity contribution in [2.75, 3.05) is 11.9 Å². The fourth-order valence-corrected chi connectivity index (χ4v) is 3.84. The van der Waals surface area contributed by atoms with Crippen LogP contribution in [0.25, 0.3) is 21.7 Å². The number of anilines is 1. The zero-order valence-corrected chi connectivity index (χ0v) is 19.1. The molecule has 5 aromatic rings. The number of hydrogen-bond donors (Lipinski definition) is 1. The lowest BCUT2D eigenvalue weighted by molar-refractivity contribution is -0.118. The quantitative estimate of drug-likeness (QED) is 0.304. The predicted molar refractivity (Wildman–Crippen MR) is 136 cm³/mol. The first kappa shape index (κ1) is 22.2. The van der Waals surface area contributed by atoms with Crippen LogP contribution in [0.15, 0.2) is 100 Å². The molecular formula is C29H23NO5. The van der Waals surface area contributed by atoms with Crippen molar-refractivity contribution in [3.63, 3.8) is 0 Å². The molecule has 6 heteroatoms. The molecule has 0 fully saturated rings. The summed E-state index contributed by atoms with van der Waals surface area (Å²) in [5.74, 6) is 0.786. The van der Waals surface area contributed by atoms with Crippen molar-refractivity contribution in [3.05, 3.63) is 107 Å². The Hall–Kier alpha value is -4.58. The summed E-state index contributed by atoms with van der Waals surface area (Å²) < 4.78 is 17.0. The number of amides is 1. The molecule has 1 N–H and O–H groups in total. The van der Waals surface area contributed by atoms with E-state index in [9.17, 15) is 9.59 Å². The molecule has 35 heavy (non-hydrogen) atoms. The summed E-state index contributed by atoms with van der Waals surface area (Å²) in [6.07, 6.45) is 2.21. The van der Waals surface area contributed by atoms with Gasteiger partial charge in [0.2, 0.25) is 11.2 Å². The standard InChI is InChI=1S/C29H23NO5/c1-2-19-10-12-21(13-11-19)35-27-17-34-26-16-22(14-15-24(26)29(27)32)33-18-28(31)30-25-9-5-7-20-6-3-4-8-23(20)25/h3-17H,2,18H2,1H3,(H,30,31). The first-order valence-electron chi connectivity index (χ1n) is 11.3. The van der Waals surface area contributed by atoms with Crippen LogP contribution >= 0.6 is 0 Å². The molecule has 0 aliphatic rings. The number of rotatable bonds is 7. The number of hydrogen-bond acceptors (Lipinski definition) is 5. The minimum Gasteiger partial charge on any atom is -0.484 e. The zero-order valence-electron chi connectivity index (χ0n) is 19.1. The first-order valence-corrected chi connectivity index (χ1v) is 11.3. The summed E-state index contributed by atoms with van der Waals surface area (Å²) in [6, 6.07) is 25.9. The van der Waals surface area contributed by atoms with Gasteiger partial charge in [-0.05, 0) is 47.7 Å². The van der Waals surface area contributed by atoms with Crippen molar-refractivity contribution in [1.82, 2.24) is 0 Å². The van der Waals surface area contributed by atoms with E-state index in [2.05, 4.69) is 12.2 Å². The van der Waals surface area contributed by atoms with E-state index >= 15 is 0 Å². The Labute approximate surface area is 201 Å². The number of aryl methyl sites for hydroxylation is 1. The van der Waals surface area contributed by atoms with Gasteiger partial charge in [0.25, 0.3) is 5.91 Å². The lowest BCUT2D eigenvalue weighted by Crippen LogP contribution is -2.20. The van der Waals surface area contributed by atoms with E-state index in [-0.39, 0.29) is 23.7 Å². The summed E-state index contributed by atoms with van der Waals surface area (Å²) in [5, 5.41) is 5.24. The van der Waals surface area contributed by atoms with Crippen LogP contribution in [0, 0.1) is 0 Å². The number of nitrogens with one attached hydrogen (secondary N) is 1. The van der Waals surface area contributed by atoms with Crippen LogP contribution < -0.4 is 20.2 Å². The molecule has 0 saturated heterocycles. The van der Waals surface area contributed by atoms with Crippen molar-refractivity contribution in [1.29, 1.82) is 0 Å². The predicted octanol–water partition coefficient (Wildman–Crippen LogP) is 6.32. The fourth-order valence-electron chi connectivity index (χ4n) is 3.84. The third-order valence-corrected chi connectivity index (χ3v) is 5.71. The van der Waals surface area contributed by atoms with E-state index < -0.39 is 0 Å². The Bertz CT molecular complexity index is 1570. The molecule has 0 unspecified atom stereocenters. The van der Waals surface area contributed by atoms with Crippen molar-refractivity contribution < 1.29 is 18.7 Å². The van der Waals surface area contributed by atoms with Crippen molar-refractivity contribution >= 4 is 33.3 Å². The lowest BCUT2D eigenvalue weighted by Gasteiger charge is -2.10. The normalized spacial score (nSPS) is 10.9. The molecule has 0 atom stereocenters. The van der Waals surface area contributed by atoms with E-state index in [1.165, 1.54) is 11.8 Å². The molecule has 0 radical (unpaired) electrons. The average Bonchev–Trinajstić information content (AvgIpc) is 2.90. The van der Waals surface area contributed by atoms with E-state index in [1.54, 1.807) is 18.2 Å². The zero-order chi connectivity index (χ0) is 24.2. The van der Waals surface area contributed by atoms with Gasteiger partial charge < -0.3 is 19.2 Å². The van der Waals surface area contributed by atoms with Gasteiger partial charge in [0.1, 0.15) is 23.3 Å². The minimum atomic E-state index is -0.291. The van der Waals surface area contributed by atoms with Gasteiger partial charge in [0.15, 0.2) is 6.61 Å². The summed E-state index contributed by atoms with van der Waals surface area (Å²) in [7, 11) is 0. The number of ether oxygens (including phenoxy) is 2. The lowest BCUT2D eigenvalue weighted by atomic mass is 10.1.